The van der Waals surface area contributed by atoms with E-state index in [0.29, 0.717) is 11.8 Å². The van der Waals surface area contributed by atoms with Gasteiger partial charge in [0, 0.05) is 5.71 Å². The number of nitrogens with one attached hydrogen (secondary N) is 1. The Bertz CT molecular complexity index is 519. The highest BCUT2D eigenvalue weighted by Crippen LogP contribution is 2.50. The summed E-state index contributed by atoms with van der Waals surface area (Å²) >= 11 is 0. The number of benzene rings is 1. The zero-order valence-corrected chi connectivity index (χ0v) is 12.8. The molecule has 0 bridgehead atoms. The first-order valence-electron chi connectivity index (χ1n) is 7.65. The number of hydrogen-bond acceptors (Lipinski definition) is 1. The molecule has 0 heterocycles. The Kier molecular flexibility index (Phi) is 4.94. The molecule has 1 aromatic rings. The average molecular weight is 267 g/mol. The van der Waals surface area contributed by atoms with Gasteiger partial charge in [-0.05, 0) is 61.6 Å². The van der Waals surface area contributed by atoms with Gasteiger partial charge in [0.05, 0.1) is 0 Å². The van der Waals surface area contributed by atoms with Crippen molar-refractivity contribution in [3.05, 3.63) is 59.2 Å². The van der Waals surface area contributed by atoms with Gasteiger partial charge < -0.3 is 5.41 Å². The molecule has 20 heavy (non-hydrogen) atoms. The van der Waals surface area contributed by atoms with E-state index in [-0.39, 0.29) is 0 Å². The number of aryl methyl sites for hydroxylation is 1. The number of rotatable bonds is 6. The molecule has 1 heteroatoms. The summed E-state index contributed by atoms with van der Waals surface area (Å²) < 4.78 is 0. The average Bonchev–Trinajstić information content (AvgIpc) is 3.23. The van der Waals surface area contributed by atoms with Crippen LogP contribution in [0.25, 0.3) is 0 Å². The quantitative estimate of drug-likeness (QED) is 0.535. The molecule has 1 aliphatic rings. The first-order valence-corrected chi connectivity index (χ1v) is 7.65. The fraction of sp³-hybridized carbons (Fsp3) is 0.421. The third-order valence-corrected chi connectivity index (χ3v) is 4.21. The van der Waals surface area contributed by atoms with E-state index in [4.69, 9.17) is 5.41 Å². The van der Waals surface area contributed by atoms with Crippen LogP contribution in [0.15, 0.2) is 48.1 Å². The van der Waals surface area contributed by atoms with E-state index in [0.717, 1.165) is 24.1 Å². The molecule has 1 aromatic carbocycles. The van der Waals surface area contributed by atoms with E-state index in [1.807, 2.05) is 32.1 Å². The zero-order chi connectivity index (χ0) is 14.5. The van der Waals surface area contributed by atoms with Crippen molar-refractivity contribution in [3.63, 3.8) is 0 Å². The second-order valence-electron chi connectivity index (χ2n) is 5.62. The molecule has 1 nitrogen and oxygen atoms in total. The Morgan fingerprint density at radius 1 is 1.25 bits per heavy atom. The van der Waals surface area contributed by atoms with Gasteiger partial charge in [0.15, 0.2) is 0 Å². The van der Waals surface area contributed by atoms with E-state index >= 15 is 0 Å². The van der Waals surface area contributed by atoms with Crippen molar-refractivity contribution in [1.29, 1.82) is 5.41 Å². The van der Waals surface area contributed by atoms with Crippen LogP contribution >= 0.6 is 0 Å². The Morgan fingerprint density at radius 2 is 1.95 bits per heavy atom. The molecular formula is C19H25N. The minimum atomic E-state index is 0.662. The zero-order valence-electron chi connectivity index (χ0n) is 12.8. The van der Waals surface area contributed by atoms with Gasteiger partial charge in [-0.15, -0.1) is 0 Å². The fourth-order valence-corrected chi connectivity index (χ4v) is 2.81. The van der Waals surface area contributed by atoms with Crippen LogP contribution in [0.4, 0.5) is 0 Å². The van der Waals surface area contributed by atoms with E-state index in [1.54, 1.807) is 0 Å². The molecular weight excluding hydrogens is 242 g/mol. The van der Waals surface area contributed by atoms with Crippen LogP contribution in [0, 0.1) is 11.3 Å². The SMILES string of the molecule is C/C=C\C(=C/C)C(=N)C[C@H]1CC1c1ccc(CC)cc1. The van der Waals surface area contributed by atoms with Gasteiger partial charge in [0.1, 0.15) is 0 Å². The predicted molar refractivity (Wildman–Crippen MR) is 87.6 cm³/mol. The van der Waals surface area contributed by atoms with Gasteiger partial charge in [0.2, 0.25) is 0 Å². The summed E-state index contributed by atoms with van der Waals surface area (Å²) in [7, 11) is 0. The lowest BCUT2D eigenvalue weighted by Crippen LogP contribution is -2.01. The summed E-state index contributed by atoms with van der Waals surface area (Å²) in [6.45, 7) is 6.21. The minimum absolute atomic E-state index is 0.662. The van der Waals surface area contributed by atoms with Gasteiger partial charge in [-0.25, -0.2) is 0 Å². The summed E-state index contributed by atoms with van der Waals surface area (Å²) in [4.78, 5) is 0. The van der Waals surface area contributed by atoms with Crippen molar-refractivity contribution in [1.82, 2.24) is 0 Å². The van der Waals surface area contributed by atoms with Crippen LogP contribution in [-0.4, -0.2) is 5.71 Å². The monoisotopic (exact) mass is 267 g/mol. The highest BCUT2D eigenvalue weighted by Gasteiger charge is 2.38. The van der Waals surface area contributed by atoms with Crippen molar-refractivity contribution >= 4 is 5.71 Å². The Labute approximate surface area is 122 Å². The largest absolute Gasteiger partial charge is 0.305 e. The van der Waals surface area contributed by atoms with Crippen LogP contribution in [0.1, 0.15) is 50.7 Å². The van der Waals surface area contributed by atoms with E-state index < -0.39 is 0 Å². The molecule has 1 N–H and O–H groups in total. The lowest BCUT2D eigenvalue weighted by atomic mass is 10.0. The second-order valence-corrected chi connectivity index (χ2v) is 5.62. The first kappa shape index (κ1) is 14.8. The Balaban J connectivity index is 1.93. The second kappa shape index (κ2) is 6.69. The smallest absolute Gasteiger partial charge is 0.0385 e. The van der Waals surface area contributed by atoms with Crippen molar-refractivity contribution in [2.75, 3.05) is 0 Å². The Hall–Kier alpha value is -1.63. The molecule has 1 unspecified atom stereocenters. The third kappa shape index (κ3) is 3.47. The summed E-state index contributed by atoms with van der Waals surface area (Å²) in [6.07, 6.45) is 9.33. The number of hydrogen-bond donors (Lipinski definition) is 1. The van der Waals surface area contributed by atoms with Crippen molar-refractivity contribution in [2.24, 2.45) is 5.92 Å². The van der Waals surface area contributed by atoms with Gasteiger partial charge in [0.25, 0.3) is 0 Å². The molecule has 0 saturated heterocycles. The van der Waals surface area contributed by atoms with Gasteiger partial charge in [-0.3, -0.25) is 0 Å². The van der Waals surface area contributed by atoms with Crippen LogP contribution in [0.5, 0.6) is 0 Å². The third-order valence-electron chi connectivity index (χ3n) is 4.21. The van der Waals surface area contributed by atoms with Crippen molar-refractivity contribution in [3.8, 4) is 0 Å². The highest BCUT2D eigenvalue weighted by atomic mass is 14.5. The molecule has 0 aliphatic heterocycles. The van der Waals surface area contributed by atoms with Crippen LogP contribution in [0.3, 0.4) is 0 Å². The maximum atomic E-state index is 8.22. The standard InChI is InChI=1S/C19H25N/c1-4-7-15(6-3)19(20)13-17-12-18(17)16-10-8-14(5-2)9-11-16/h4,6-11,17-18,20H,5,12-13H2,1-3H3/b7-4-,15-6+,20-19?/t17-,18?/m1/s1. The fourth-order valence-electron chi connectivity index (χ4n) is 2.81. The van der Waals surface area contributed by atoms with Crippen LogP contribution < -0.4 is 0 Å². The Morgan fingerprint density at radius 3 is 2.50 bits per heavy atom. The van der Waals surface area contributed by atoms with Gasteiger partial charge >= 0.3 is 0 Å². The highest BCUT2D eigenvalue weighted by molar-refractivity contribution is 6.00. The van der Waals surface area contributed by atoms with E-state index in [1.165, 1.54) is 17.5 Å². The molecule has 0 spiro atoms. The topological polar surface area (TPSA) is 23.9 Å². The van der Waals surface area contributed by atoms with Crippen molar-refractivity contribution < 1.29 is 0 Å². The molecule has 2 rings (SSSR count). The number of allylic oxidation sites excluding steroid dienone is 4. The first-order chi connectivity index (χ1) is 9.69. The van der Waals surface area contributed by atoms with Gasteiger partial charge in [-0.2, -0.15) is 0 Å². The molecule has 106 valence electrons. The summed E-state index contributed by atoms with van der Waals surface area (Å²) in [5, 5.41) is 8.22. The summed E-state index contributed by atoms with van der Waals surface area (Å²) in [5.41, 5.74) is 4.71. The molecule has 1 saturated carbocycles. The molecule has 2 atom stereocenters. The summed E-state index contributed by atoms with van der Waals surface area (Å²) in [5.74, 6) is 1.33. The summed E-state index contributed by atoms with van der Waals surface area (Å²) in [6, 6.07) is 9.03. The van der Waals surface area contributed by atoms with Crippen molar-refractivity contribution in [2.45, 2.75) is 46.0 Å². The lowest BCUT2D eigenvalue weighted by Gasteiger charge is -2.05. The molecule has 1 aliphatic carbocycles. The van der Waals surface area contributed by atoms with E-state index in [9.17, 15) is 0 Å². The van der Waals surface area contributed by atoms with Crippen LogP contribution in [-0.2, 0) is 6.42 Å². The normalized spacial score (nSPS) is 22.2. The molecule has 0 aromatic heterocycles. The molecule has 0 radical (unpaired) electrons. The van der Waals surface area contributed by atoms with E-state index in [2.05, 4.69) is 31.2 Å². The minimum Gasteiger partial charge on any atom is -0.305 e. The lowest BCUT2D eigenvalue weighted by molar-refractivity contribution is 0.842. The predicted octanol–water partition coefficient (Wildman–Crippen LogP) is 5.28. The maximum absolute atomic E-state index is 8.22. The molecule has 1 fully saturated rings. The maximum Gasteiger partial charge on any atom is 0.0385 e. The van der Waals surface area contributed by atoms with Gasteiger partial charge in [-0.1, -0.05) is 49.4 Å². The van der Waals surface area contributed by atoms with Crippen LogP contribution in [0.2, 0.25) is 0 Å². The molecule has 0 amide bonds.